The van der Waals surface area contributed by atoms with Crippen LogP contribution in [0.2, 0.25) is 0 Å². The maximum atomic E-state index is 5.75. The molecule has 0 atom stereocenters. The zero-order chi connectivity index (χ0) is 12.3. The highest BCUT2D eigenvalue weighted by molar-refractivity contribution is 9.10. The first kappa shape index (κ1) is 12.5. The van der Waals surface area contributed by atoms with Gasteiger partial charge in [-0.15, -0.1) is 11.6 Å². The number of ether oxygens (including phenoxy) is 1. The van der Waals surface area contributed by atoms with E-state index in [0.29, 0.717) is 5.88 Å². The predicted molar refractivity (Wildman–Crippen MR) is 75.0 cm³/mol. The van der Waals surface area contributed by atoms with Crippen molar-refractivity contribution in [1.29, 1.82) is 0 Å². The molecular weight excluding hydrogens is 300 g/mol. The zero-order valence-corrected chi connectivity index (χ0v) is 11.8. The van der Waals surface area contributed by atoms with Crippen LogP contribution in [0.15, 0.2) is 46.9 Å². The molecule has 0 aliphatic rings. The van der Waals surface area contributed by atoms with Gasteiger partial charge in [-0.3, -0.25) is 0 Å². The first-order valence-electron chi connectivity index (χ1n) is 5.28. The monoisotopic (exact) mass is 310 g/mol. The fraction of sp³-hybridized carbons (Fsp3) is 0.143. The van der Waals surface area contributed by atoms with E-state index in [-0.39, 0.29) is 0 Å². The summed E-state index contributed by atoms with van der Waals surface area (Å²) in [5, 5.41) is 0. The van der Waals surface area contributed by atoms with Crippen molar-refractivity contribution in [3.63, 3.8) is 0 Å². The first-order valence-corrected chi connectivity index (χ1v) is 6.60. The van der Waals surface area contributed by atoms with Crippen molar-refractivity contribution in [2.24, 2.45) is 0 Å². The van der Waals surface area contributed by atoms with Crippen molar-refractivity contribution in [1.82, 2.24) is 0 Å². The first-order chi connectivity index (χ1) is 8.19. The van der Waals surface area contributed by atoms with E-state index in [0.717, 1.165) is 27.1 Å². The molecule has 88 valence electrons. The van der Waals surface area contributed by atoms with E-state index in [9.17, 15) is 0 Å². The molecule has 0 fully saturated rings. The van der Waals surface area contributed by atoms with Crippen LogP contribution in [0, 0.1) is 6.92 Å². The Kier molecular flexibility index (Phi) is 4.08. The van der Waals surface area contributed by atoms with Crippen LogP contribution in [0.3, 0.4) is 0 Å². The minimum absolute atomic E-state index is 0.525. The SMILES string of the molecule is Cc1cc(Oc2ccc(CCl)cc2)ccc1Br. The highest BCUT2D eigenvalue weighted by Gasteiger charge is 2.00. The number of benzene rings is 2. The number of hydrogen-bond donors (Lipinski definition) is 0. The lowest BCUT2D eigenvalue weighted by atomic mass is 10.2. The second-order valence-electron chi connectivity index (χ2n) is 3.79. The number of aryl methyl sites for hydroxylation is 1. The smallest absolute Gasteiger partial charge is 0.127 e. The molecule has 0 aliphatic carbocycles. The van der Waals surface area contributed by atoms with Crippen molar-refractivity contribution in [3.8, 4) is 11.5 Å². The van der Waals surface area contributed by atoms with Gasteiger partial charge < -0.3 is 4.74 Å². The summed E-state index contributed by atoms with van der Waals surface area (Å²) in [5.41, 5.74) is 2.24. The number of halogens is 2. The van der Waals surface area contributed by atoms with Crippen LogP contribution in [0.5, 0.6) is 11.5 Å². The Morgan fingerprint density at radius 2 is 1.71 bits per heavy atom. The maximum Gasteiger partial charge on any atom is 0.127 e. The van der Waals surface area contributed by atoms with Gasteiger partial charge in [0.15, 0.2) is 0 Å². The highest BCUT2D eigenvalue weighted by Crippen LogP contribution is 2.26. The molecule has 0 unspecified atom stereocenters. The third-order valence-corrected chi connectivity index (χ3v) is 3.64. The summed E-state index contributed by atoms with van der Waals surface area (Å²) in [7, 11) is 0. The van der Waals surface area contributed by atoms with Gasteiger partial charge in [-0.25, -0.2) is 0 Å². The van der Waals surface area contributed by atoms with Gasteiger partial charge in [-0.1, -0.05) is 28.1 Å². The molecule has 0 amide bonds. The Morgan fingerprint density at radius 3 is 2.29 bits per heavy atom. The van der Waals surface area contributed by atoms with Gasteiger partial charge >= 0.3 is 0 Å². The maximum absolute atomic E-state index is 5.75. The fourth-order valence-electron chi connectivity index (χ4n) is 1.46. The number of alkyl halides is 1. The largest absolute Gasteiger partial charge is 0.457 e. The predicted octanol–water partition coefficient (Wildman–Crippen LogP) is 5.29. The quantitative estimate of drug-likeness (QED) is 0.700. The van der Waals surface area contributed by atoms with Crippen molar-refractivity contribution in [2.45, 2.75) is 12.8 Å². The van der Waals surface area contributed by atoms with Gasteiger partial charge in [0, 0.05) is 10.4 Å². The van der Waals surface area contributed by atoms with Gasteiger partial charge in [-0.2, -0.15) is 0 Å². The molecule has 0 aliphatic heterocycles. The zero-order valence-electron chi connectivity index (χ0n) is 9.41. The average molecular weight is 312 g/mol. The van der Waals surface area contributed by atoms with E-state index < -0.39 is 0 Å². The minimum Gasteiger partial charge on any atom is -0.457 e. The van der Waals surface area contributed by atoms with Crippen LogP contribution in [-0.2, 0) is 5.88 Å². The molecule has 0 aromatic heterocycles. The molecule has 2 aromatic carbocycles. The van der Waals surface area contributed by atoms with Crippen molar-refractivity contribution in [2.75, 3.05) is 0 Å². The highest BCUT2D eigenvalue weighted by atomic mass is 79.9. The van der Waals surface area contributed by atoms with Crippen LogP contribution in [0.25, 0.3) is 0 Å². The lowest BCUT2D eigenvalue weighted by Gasteiger charge is -2.07. The Labute approximate surface area is 115 Å². The number of hydrogen-bond acceptors (Lipinski definition) is 1. The van der Waals surface area contributed by atoms with Gasteiger partial charge in [-0.05, 0) is 48.4 Å². The van der Waals surface area contributed by atoms with Crippen molar-refractivity contribution < 1.29 is 4.74 Å². The van der Waals surface area contributed by atoms with E-state index in [2.05, 4.69) is 15.9 Å². The molecule has 1 nitrogen and oxygen atoms in total. The van der Waals surface area contributed by atoms with Gasteiger partial charge in [0.1, 0.15) is 11.5 Å². The second-order valence-corrected chi connectivity index (χ2v) is 4.91. The molecular formula is C14H12BrClO. The molecule has 0 heterocycles. The van der Waals surface area contributed by atoms with Crippen LogP contribution in [0.4, 0.5) is 0 Å². The van der Waals surface area contributed by atoms with Crippen molar-refractivity contribution in [3.05, 3.63) is 58.1 Å². The van der Waals surface area contributed by atoms with Gasteiger partial charge in [0.25, 0.3) is 0 Å². The van der Waals surface area contributed by atoms with Gasteiger partial charge in [0.05, 0.1) is 0 Å². The summed E-state index contributed by atoms with van der Waals surface area (Å²) in [6.07, 6.45) is 0. The molecule has 2 rings (SSSR count). The second kappa shape index (κ2) is 5.56. The van der Waals surface area contributed by atoms with E-state index in [1.807, 2.05) is 49.4 Å². The Hall–Kier alpha value is -0.990. The van der Waals surface area contributed by atoms with Crippen molar-refractivity contribution >= 4 is 27.5 Å². The third-order valence-electron chi connectivity index (χ3n) is 2.44. The molecule has 0 saturated carbocycles. The summed E-state index contributed by atoms with van der Waals surface area (Å²) in [4.78, 5) is 0. The molecule has 0 N–H and O–H groups in total. The summed E-state index contributed by atoms with van der Waals surface area (Å²) in [6, 6.07) is 13.7. The normalized spacial score (nSPS) is 10.3. The van der Waals surface area contributed by atoms with E-state index in [4.69, 9.17) is 16.3 Å². The molecule has 0 spiro atoms. The van der Waals surface area contributed by atoms with E-state index in [1.165, 1.54) is 0 Å². The van der Waals surface area contributed by atoms with Crippen LogP contribution >= 0.6 is 27.5 Å². The average Bonchev–Trinajstić information content (AvgIpc) is 2.35. The lowest BCUT2D eigenvalue weighted by molar-refractivity contribution is 0.482. The van der Waals surface area contributed by atoms with Crippen LogP contribution < -0.4 is 4.74 Å². The summed E-state index contributed by atoms with van der Waals surface area (Å²) < 4.78 is 6.84. The Morgan fingerprint density at radius 1 is 1.06 bits per heavy atom. The summed E-state index contributed by atoms with van der Waals surface area (Å²) in [5.74, 6) is 2.18. The standard InChI is InChI=1S/C14H12BrClO/c1-10-8-13(6-7-14(10)15)17-12-4-2-11(9-16)3-5-12/h2-8H,9H2,1H3. The summed E-state index contributed by atoms with van der Waals surface area (Å²) >= 11 is 9.20. The summed E-state index contributed by atoms with van der Waals surface area (Å²) in [6.45, 7) is 2.04. The van der Waals surface area contributed by atoms with Gasteiger partial charge in [0.2, 0.25) is 0 Å². The van der Waals surface area contributed by atoms with Crippen LogP contribution in [0.1, 0.15) is 11.1 Å². The third kappa shape index (κ3) is 3.24. The number of rotatable bonds is 3. The minimum atomic E-state index is 0.525. The fourth-order valence-corrected chi connectivity index (χ4v) is 1.89. The Balaban J connectivity index is 2.16. The molecule has 0 bridgehead atoms. The Bertz CT molecular complexity index is 508. The lowest BCUT2D eigenvalue weighted by Crippen LogP contribution is -1.86. The molecule has 2 aromatic rings. The molecule has 17 heavy (non-hydrogen) atoms. The van der Waals surface area contributed by atoms with E-state index in [1.54, 1.807) is 0 Å². The molecule has 3 heteroatoms. The molecule has 0 radical (unpaired) electrons. The van der Waals surface area contributed by atoms with Crippen LogP contribution in [-0.4, -0.2) is 0 Å². The topological polar surface area (TPSA) is 9.23 Å². The van der Waals surface area contributed by atoms with E-state index >= 15 is 0 Å². The molecule has 0 saturated heterocycles.